The van der Waals surface area contributed by atoms with E-state index in [1.165, 1.54) is 19.3 Å². The lowest BCUT2D eigenvalue weighted by Crippen LogP contribution is -2.38. The third kappa shape index (κ3) is 2.96. The predicted molar refractivity (Wildman–Crippen MR) is 60.1 cm³/mol. The van der Waals surface area contributed by atoms with Crippen LogP contribution in [0.2, 0.25) is 0 Å². The minimum atomic E-state index is 0.377. The van der Waals surface area contributed by atoms with Crippen LogP contribution < -0.4 is 5.73 Å². The minimum absolute atomic E-state index is 0.377. The molecule has 0 aromatic carbocycles. The van der Waals surface area contributed by atoms with Crippen molar-refractivity contribution in [2.24, 2.45) is 23.5 Å². The normalized spacial score (nSPS) is 31.7. The molecule has 0 aliphatic heterocycles. The van der Waals surface area contributed by atoms with Crippen LogP contribution in [-0.4, -0.2) is 19.8 Å². The van der Waals surface area contributed by atoms with Gasteiger partial charge in [0.15, 0.2) is 0 Å². The number of methoxy groups -OCH3 is 1. The van der Waals surface area contributed by atoms with E-state index in [1.807, 2.05) is 0 Å². The molecular formula is C12H25NO. The van der Waals surface area contributed by atoms with Crippen molar-refractivity contribution in [1.82, 2.24) is 0 Å². The lowest BCUT2D eigenvalue weighted by atomic mass is 9.83. The Morgan fingerprint density at radius 1 is 1.43 bits per heavy atom. The first-order valence-corrected chi connectivity index (χ1v) is 5.91. The van der Waals surface area contributed by atoms with Gasteiger partial charge in [-0.2, -0.15) is 0 Å². The summed E-state index contributed by atoms with van der Waals surface area (Å²) >= 11 is 0. The molecule has 0 radical (unpaired) electrons. The Morgan fingerprint density at radius 2 is 2.14 bits per heavy atom. The largest absolute Gasteiger partial charge is 0.385 e. The number of hydrogen-bond acceptors (Lipinski definition) is 2. The molecule has 2 heteroatoms. The molecule has 1 aliphatic carbocycles. The highest BCUT2D eigenvalue weighted by molar-refractivity contribution is 4.85. The Balaban J connectivity index is 2.34. The Labute approximate surface area is 88.2 Å². The van der Waals surface area contributed by atoms with E-state index in [-0.39, 0.29) is 0 Å². The van der Waals surface area contributed by atoms with Crippen molar-refractivity contribution >= 4 is 0 Å². The van der Waals surface area contributed by atoms with Crippen LogP contribution in [0, 0.1) is 17.8 Å². The van der Waals surface area contributed by atoms with Gasteiger partial charge in [0, 0.05) is 19.8 Å². The topological polar surface area (TPSA) is 35.2 Å². The molecule has 0 heterocycles. The minimum Gasteiger partial charge on any atom is -0.385 e. The van der Waals surface area contributed by atoms with E-state index in [0.29, 0.717) is 12.0 Å². The van der Waals surface area contributed by atoms with Gasteiger partial charge in [-0.15, -0.1) is 0 Å². The van der Waals surface area contributed by atoms with E-state index >= 15 is 0 Å². The summed E-state index contributed by atoms with van der Waals surface area (Å²) < 4.78 is 5.10. The van der Waals surface area contributed by atoms with Crippen LogP contribution in [0.1, 0.15) is 39.5 Å². The zero-order valence-electron chi connectivity index (χ0n) is 9.83. The summed E-state index contributed by atoms with van der Waals surface area (Å²) in [7, 11) is 1.76. The van der Waals surface area contributed by atoms with Gasteiger partial charge < -0.3 is 10.5 Å². The summed E-state index contributed by atoms with van der Waals surface area (Å²) in [4.78, 5) is 0. The summed E-state index contributed by atoms with van der Waals surface area (Å²) in [5, 5.41) is 0. The number of nitrogens with two attached hydrogens (primary N) is 1. The molecule has 0 spiro atoms. The molecule has 1 aliphatic rings. The third-order valence-corrected chi connectivity index (χ3v) is 3.86. The van der Waals surface area contributed by atoms with E-state index in [0.717, 1.165) is 24.9 Å². The first-order valence-electron chi connectivity index (χ1n) is 5.91. The van der Waals surface area contributed by atoms with Crippen LogP contribution in [0.15, 0.2) is 0 Å². The van der Waals surface area contributed by atoms with Gasteiger partial charge in [0.25, 0.3) is 0 Å². The van der Waals surface area contributed by atoms with E-state index in [9.17, 15) is 0 Å². The van der Waals surface area contributed by atoms with Gasteiger partial charge in [-0.3, -0.25) is 0 Å². The summed E-state index contributed by atoms with van der Waals surface area (Å²) in [5.41, 5.74) is 6.30. The highest BCUT2D eigenvalue weighted by Gasteiger charge is 2.31. The highest BCUT2D eigenvalue weighted by atomic mass is 16.5. The van der Waals surface area contributed by atoms with Crippen LogP contribution in [0.4, 0.5) is 0 Å². The summed E-state index contributed by atoms with van der Waals surface area (Å²) in [6, 6.07) is 0.377. The fraction of sp³-hybridized carbons (Fsp3) is 1.00. The van der Waals surface area contributed by atoms with E-state index < -0.39 is 0 Å². The van der Waals surface area contributed by atoms with E-state index in [2.05, 4.69) is 13.8 Å². The van der Waals surface area contributed by atoms with Gasteiger partial charge in [0.1, 0.15) is 0 Å². The zero-order valence-corrected chi connectivity index (χ0v) is 9.83. The predicted octanol–water partition coefficient (Wildman–Crippen LogP) is 2.42. The number of hydrogen-bond donors (Lipinski definition) is 1. The molecule has 4 unspecified atom stereocenters. The monoisotopic (exact) mass is 199 g/mol. The SMILES string of the molecule is COCCC(C)C(N)C1CCCC1C. The summed E-state index contributed by atoms with van der Waals surface area (Å²) in [6.45, 7) is 5.45. The third-order valence-electron chi connectivity index (χ3n) is 3.86. The molecule has 0 saturated heterocycles. The lowest BCUT2D eigenvalue weighted by molar-refractivity contribution is 0.161. The van der Waals surface area contributed by atoms with E-state index in [4.69, 9.17) is 10.5 Å². The molecule has 4 atom stereocenters. The van der Waals surface area contributed by atoms with E-state index in [1.54, 1.807) is 7.11 Å². The molecule has 0 aromatic heterocycles. The highest BCUT2D eigenvalue weighted by Crippen LogP contribution is 2.35. The van der Waals surface area contributed by atoms with Crippen molar-refractivity contribution in [3.63, 3.8) is 0 Å². The fourth-order valence-electron chi connectivity index (χ4n) is 2.66. The van der Waals surface area contributed by atoms with Crippen LogP contribution >= 0.6 is 0 Å². The maximum absolute atomic E-state index is 6.30. The van der Waals surface area contributed by atoms with Gasteiger partial charge in [-0.05, 0) is 30.6 Å². The average molecular weight is 199 g/mol. The quantitative estimate of drug-likeness (QED) is 0.738. The van der Waals surface area contributed by atoms with Crippen molar-refractivity contribution in [2.45, 2.75) is 45.6 Å². The van der Waals surface area contributed by atoms with Crippen LogP contribution in [0.3, 0.4) is 0 Å². The molecule has 1 rings (SSSR count). The van der Waals surface area contributed by atoms with Crippen molar-refractivity contribution in [1.29, 1.82) is 0 Å². The second-order valence-corrected chi connectivity index (χ2v) is 4.91. The van der Waals surface area contributed by atoms with Crippen molar-refractivity contribution in [2.75, 3.05) is 13.7 Å². The molecule has 0 aromatic rings. The molecule has 0 bridgehead atoms. The van der Waals surface area contributed by atoms with Crippen LogP contribution in [-0.2, 0) is 4.74 Å². The molecule has 84 valence electrons. The summed E-state index contributed by atoms with van der Waals surface area (Å²) in [5.74, 6) is 2.18. The van der Waals surface area contributed by atoms with Crippen LogP contribution in [0.5, 0.6) is 0 Å². The molecule has 14 heavy (non-hydrogen) atoms. The van der Waals surface area contributed by atoms with Gasteiger partial charge in [0.05, 0.1) is 0 Å². The molecular weight excluding hydrogens is 174 g/mol. The molecule has 1 saturated carbocycles. The standard InChI is InChI=1S/C12H25NO/c1-9-5-4-6-11(9)12(13)10(2)7-8-14-3/h9-12H,4-8,13H2,1-3H3. The maximum atomic E-state index is 6.30. The Morgan fingerprint density at radius 3 is 2.64 bits per heavy atom. The van der Waals surface area contributed by atoms with Gasteiger partial charge >= 0.3 is 0 Å². The van der Waals surface area contributed by atoms with Crippen molar-refractivity contribution in [3.05, 3.63) is 0 Å². The van der Waals surface area contributed by atoms with Crippen LogP contribution in [0.25, 0.3) is 0 Å². The first-order chi connectivity index (χ1) is 6.66. The zero-order chi connectivity index (χ0) is 10.6. The van der Waals surface area contributed by atoms with Crippen molar-refractivity contribution in [3.8, 4) is 0 Å². The van der Waals surface area contributed by atoms with Gasteiger partial charge in [-0.1, -0.05) is 26.7 Å². The molecule has 2 nitrogen and oxygen atoms in total. The average Bonchev–Trinajstić information content (AvgIpc) is 2.59. The summed E-state index contributed by atoms with van der Waals surface area (Å²) in [6.07, 6.45) is 5.17. The lowest BCUT2D eigenvalue weighted by Gasteiger charge is -2.28. The first kappa shape index (κ1) is 12.0. The number of rotatable bonds is 5. The second-order valence-electron chi connectivity index (χ2n) is 4.91. The Kier molecular flexibility index (Phi) is 4.90. The van der Waals surface area contributed by atoms with Gasteiger partial charge in [-0.25, -0.2) is 0 Å². The maximum Gasteiger partial charge on any atom is 0.0465 e. The van der Waals surface area contributed by atoms with Crippen molar-refractivity contribution < 1.29 is 4.74 Å². The Hall–Kier alpha value is -0.0800. The molecule has 2 N–H and O–H groups in total. The molecule has 1 fully saturated rings. The fourth-order valence-corrected chi connectivity index (χ4v) is 2.66. The molecule has 0 amide bonds. The van der Waals surface area contributed by atoms with Gasteiger partial charge in [0.2, 0.25) is 0 Å². The second kappa shape index (κ2) is 5.72. The number of ether oxygens (including phenoxy) is 1. The Bertz CT molecular complexity index is 160. The smallest absolute Gasteiger partial charge is 0.0465 e.